The van der Waals surface area contributed by atoms with Gasteiger partial charge in [-0.15, -0.1) is 0 Å². The van der Waals surface area contributed by atoms with Crippen LogP contribution in [0.5, 0.6) is 11.5 Å². The fraction of sp³-hybridized carbons (Fsp3) is 0.474. The first-order valence-electron chi connectivity index (χ1n) is 8.84. The van der Waals surface area contributed by atoms with E-state index in [2.05, 4.69) is 27.0 Å². The van der Waals surface area contributed by atoms with Crippen LogP contribution in [0.3, 0.4) is 0 Å². The summed E-state index contributed by atoms with van der Waals surface area (Å²) in [7, 11) is 0. The van der Waals surface area contributed by atoms with Gasteiger partial charge in [0, 0.05) is 31.5 Å². The minimum atomic E-state index is 0.251. The minimum absolute atomic E-state index is 0.251. The van der Waals surface area contributed by atoms with Crippen LogP contribution in [0.4, 0.5) is 0 Å². The molecule has 1 aromatic heterocycles. The van der Waals surface area contributed by atoms with Gasteiger partial charge in [0.2, 0.25) is 0 Å². The summed E-state index contributed by atoms with van der Waals surface area (Å²) in [5, 5.41) is 0. The molecular weight excluding hydrogens is 318 g/mol. The number of benzene rings is 1. The molecule has 0 spiro atoms. The topological polar surface area (TPSA) is 56.7 Å². The molecule has 2 aliphatic heterocycles. The lowest BCUT2D eigenvalue weighted by Crippen LogP contribution is -2.42. The lowest BCUT2D eigenvalue weighted by molar-refractivity contribution is -0.0347. The highest BCUT2D eigenvalue weighted by Crippen LogP contribution is 2.31. The molecule has 6 heteroatoms. The van der Waals surface area contributed by atoms with Crippen LogP contribution < -0.4 is 9.47 Å². The molecule has 0 saturated carbocycles. The van der Waals surface area contributed by atoms with E-state index in [1.165, 1.54) is 5.56 Å². The molecular formula is C19H23N3O3. The van der Waals surface area contributed by atoms with Crippen molar-refractivity contribution in [3.63, 3.8) is 0 Å². The molecule has 0 aliphatic carbocycles. The van der Waals surface area contributed by atoms with E-state index in [0.717, 1.165) is 56.3 Å². The molecule has 0 radical (unpaired) electrons. The zero-order valence-corrected chi connectivity index (χ0v) is 14.3. The molecule has 1 aromatic carbocycles. The highest BCUT2D eigenvalue weighted by molar-refractivity contribution is 5.43. The Hall–Kier alpha value is -2.18. The highest BCUT2D eigenvalue weighted by Gasteiger charge is 2.21. The maximum absolute atomic E-state index is 5.93. The van der Waals surface area contributed by atoms with Crippen molar-refractivity contribution >= 4 is 0 Å². The van der Waals surface area contributed by atoms with E-state index in [0.29, 0.717) is 13.2 Å². The number of aromatic nitrogens is 2. The second-order valence-electron chi connectivity index (χ2n) is 6.45. The molecule has 0 amide bonds. The summed E-state index contributed by atoms with van der Waals surface area (Å²) in [6, 6.07) is 8.20. The van der Waals surface area contributed by atoms with Gasteiger partial charge < -0.3 is 14.2 Å². The second-order valence-corrected chi connectivity index (χ2v) is 6.45. The van der Waals surface area contributed by atoms with E-state index in [4.69, 9.17) is 14.2 Å². The van der Waals surface area contributed by atoms with Gasteiger partial charge in [-0.05, 0) is 36.6 Å². The van der Waals surface area contributed by atoms with Crippen LogP contribution in [-0.4, -0.2) is 53.9 Å². The van der Waals surface area contributed by atoms with Gasteiger partial charge in [-0.3, -0.25) is 4.90 Å². The van der Waals surface area contributed by atoms with Crippen molar-refractivity contribution in [1.29, 1.82) is 0 Å². The zero-order chi connectivity index (χ0) is 16.9. The van der Waals surface area contributed by atoms with Crippen molar-refractivity contribution in [2.75, 3.05) is 32.9 Å². The summed E-state index contributed by atoms with van der Waals surface area (Å²) >= 11 is 0. The average molecular weight is 341 g/mol. The first kappa shape index (κ1) is 16.3. The predicted octanol–water partition coefficient (Wildman–Crippen LogP) is 2.08. The van der Waals surface area contributed by atoms with Gasteiger partial charge in [0.05, 0.1) is 12.7 Å². The Morgan fingerprint density at radius 2 is 2.00 bits per heavy atom. The van der Waals surface area contributed by atoms with Gasteiger partial charge in [0.15, 0.2) is 11.5 Å². The predicted molar refractivity (Wildman–Crippen MR) is 92.8 cm³/mol. The van der Waals surface area contributed by atoms with Crippen molar-refractivity contribution < 1.29 is 14.2 Å². The number of morpholine rings is 1. The summed E-state index contributed by atoms with van der Waals surface area (Å²) in [6.07, 6.45) is 5.55. The van der Waals surface area contributed by atoms with Crippen molar-refractivity contribution in [2.24, 2.45) is 0 Å². The van der Waals surface area contributed by atoms with Crippen LogP contribution in [0.2, 0.25) is 0 Å². The molecule has 4 rings (SSSR count). The van der Waals surface area contributed by atoms with Gasteiger partial charge in [0.1, 0.15) is 19.5 Å². The summed E-state index contributed by atoms with van der Waals surface area (Å²) in [5.74, 6) is 1.71. The number of aryl methyl sites for hydroxylation is 1. The number of hydrogen-bond donors (Lipinski definition) is 0. The van der Waals surface area contributed by atoms with E-state index < -0.39 is 0 Å². The standard InChI is InChI=1S/C19H23N3O3/c1-4-18-19(25-10-9-24-18)11-15(1)12-22-7-8-23-17(13-22)3-2-16-5-6-20-14-21-16/h1,4-6,11,14,17H,2-3,7-10,12-13H2/t17-/m1/s1. The molecule has 1 atom stereocenters. The maximum Gasteiger partial charge on any atom is 0.161 e. The molecule has 1 fully saturated rings. The summed E-state index contributed by atoms with van der Waals surface area (Å²) in [6.45, 7) is 4.84. The zero-order valence-electron chi connectivity index (χ0n) is 14.3. The van der Waals surface area contributed by atoms with Gasteiger partial charge >= 0.3 is 0 Å². The molecule has 25 heavy (non-hydrogen) atoms. The molecule has 132 valence electrons. The average Bonchev–Trinajstić information content (AvgIpc) is 2.67. The fourth-order valence-corrected chi connectivity index (χ4v) is 3.32. The third-order valence-corrected chi connectivity index (χ3v) is 4.60. The SMILES string of the molecule is c1cc(CC[C@@H]2CN(Cc3ccc4c(c3)OCCO4)CCO2)ncn1. The molecule has 6 nitrogen and oxygen atoms in total. The van der Waals surface area contributed by atoms with Crippen molar-refractivity contribution in [1.82, 2.24) is 14.9 Å². The molecule has 2 aliphatic rings. The Labute approximate surface area is 147 Å². The van der Waals surface area contributed by atoms with Crippen LogP contribution in [0.1, 0.15) is 17.7 Å². The third-order valence-electron chi connectivity index (χ3n) is 4.60. The van der Waals surface area contributed by atoms with E-state index >= 15 is 0 Å². The normalized spacial score (nSPS) is 20.4. The number of hydrogen-bond acceptors (Lipinski definition) is 6. The fourth-order valence-electron chi connectivity index (χ4n) is 3.32. The monoisotopic (exact) mass is 341 g/mol. The number of nitrogens with zero attached hydrogens (tertiary/aromatic N) is 3. The minimum Gasteiger partial charge on any atom is -0.486 e. The molecule has 3 heterocycles. The molecule has 1 saturated heterocycles. The molecule has 0 N–H and O–H groups in total. The smallest absolute Gasteiger partial charge is 0.161 e. The summed E-state index contributed by atoms with van der Waals surface area (Å²) in [5.41, 5.74) is 2.32. The number of ether oxygens (including phenoxy) is 3. The lowest BCUT2D eigenvalue weighted by atomic mass is 10.1. The van der Waals surface area contributed by atoms with Gasteiger partial charge in [0.25, 0.3) is 0 Å². The van der Waals surface area contributed by atoms with Crippen molar-refractivity contribution in [3.8, 4) is 11.5 Å². The van der Waals surface area contributed by atoms with Crippen LogP contribution in [0.25, 0.3) is 0 Å². The largest absolute Gasteiger partial charge is 0.486 e. The Bertz CT molecular complexity index is 696. The van der Waals surface area contributed by atoms with Crippen LogP contribution in [0, 0.1) is 0 Å². The van der Waals surface area contributed by atoms with E-state index in [1.807, 2.05) is 12.1 Å². The summed E-state index contributed by atoms with van der Waals surface area (Å²) < 4.78 is 17.2. The Morgan fingerprint density at radius 1 is 1.08 bits per heavy atom. The quantitative estimate of drug-likeness (QED) is 0.830. The maximum atomic E-state index is 5.93. The van der Waals surface area contributed by atoms with Crippen LogP contribution in [-0.2, 0) is 17.7 Å². The van der Waals surface area contributed by atoms with E-state index in [1.54, 1.807) is 12.5 Å². The third kappa shape index (κ3) is 4.27. The first-order chi connectivity index (χ1) is 12.4. The van der Waals surface area contributed by atoms with E-state index in [-0.39, 0.29) is 6.10 Å². The van der Waals surface area contributed by atoms with Gasteiger partial charge in [-0.25, -0.2) is 9.97 Å². The Balaban J connectivity index is 1.32. The Kier molecular flexibility index (Phi) is 5.09. The second kappa shape index (κ2) is 7.80. The van der Waals surface area contributed by atoms with Crippen molar-refractivity contribution in [3.05, 3.63) is 48.0 Å². The molecule has 0 unspecified atom stereocenters. The van der Waals surface area contributed by atoms with Crippen LogP contribution >= 0.6 is 0 Å². The van der Waals surface area contributed by atoms with E-state index in [9.17, 15) is 0 Å². The molecule has 2 aromatic rings. The highest BCUT2D eigenvalue weighted by atomic mass is 16.6. The van der Waals surface area contributed by atoms with Gasteiger partial charge in [-0.1, -0.05) is 6.07 Å². The number of rotatable bonds is 5. The van der Waals surface area contributed by atoms with Crippen molar-refractivity contribution in [2.45, 2.75) is 25.5 Å². The lowest BCUT2D eigenvalue weighted by Gasteiger charge is -2.33. The molecule has 0 bridgehead atoms. The van der Waals surface area contributed by atoms with Gasteiger partial charge in [-0.2, -0.15) is 0 Å². The first-order valence-corrected chi connectivity index (χ1v) is 8.84. The summed E-state index contributed by atoms with van der Waals surface area (Å²) in [4.78, 5) is 10.7. The van der Waals surface area contributed by atoms with Crippen LogP contribution in [0.15, 0.2) is 36.8 Å². The Morgan fingerprint density at radius 3 is 2.88 bits per heavy atom. The number of fused-ring (bicyclic) bond motifs is 1.